The lowest BCUT2D eigenvalue weighted by Gasteiger charge is -2.12. The van der Waals surface area contributed by atoms with Crippen LogP contribution in [0.1, 0.15) is 15.9 Å². The Morgan fingerprint density at radius 2 is 1.68 bits per heavy atom. The van der Waals surface area contributed by atoms with E-state index in [1.807, 2.05) is 19.1 Å². The Bertz CT molecular complexity index is 1240. The molecule has 0 aliphatic heterocycles. The second-order valence-corrected chi connectivity index (χ2v) is 8.22. The summed E-state index contributed by atoms with van der Waals surface area (Å²) in [5, 5.41) is 13.8. The highest BCUT2D eigenvalue weighted by Gasteiger charge is 2.20. The number of non-ortho nitro benzene ring substituents is 1. The highest BCUT2D eigenvalue weighted by Crippen LogP contribution is 2.31. The summed E-state index contributed by atoms with van der Waals surface area (Å²) < 4.78 is 32.8. The zero-order valence-electron chi connectivity index (χ0n) is 16.7. The minimum Gasteiger partial charge on any atom is -0.495 e. The first kappa shape index (κ1) is 21.8. The van der Waals surface area contributed by atoms with E-state index in [1.54, 1.807) is 12.1 Å². The van der Waals surface area contributed by atoms with Crippen LogP contribution in [0.25, 0.3) is 0 Å². The molecular weight excluding hydrogens is 422 g/mol. The van der Waals surface area contributed by atoms with E-state index >= 15 is 0 Å². The topological polar surface area (TPSA) is 128 Å². The van der Waals surface area contributed by atoms with E-state index in [2.05, 4.69) is 10.0 Å². The summed E-state index contributed by atoms with van der Waals surface area (Å²) >= 11 is 0. The number of amides is 1. The number of rotatable bonds is 7. The van der Waals surface area contributed by atoms with Crippen molar-refractivity contribution in [1.29, 1.82) is 0 Å². The SMILES string of the molecule is COc1ccc([N+](=O)[O-])cc1NS(=O)(=O)c1ccc(C(=O)Nc2ccccc2C)cc1. The third-order valence-corrected chi connectivity index (χ3v) is 5.84. The smallest absolute Gasteiger partial charge is 0.271 e. The van der Waals surface area contributed by atoms with Crippen molar-refractivity contribution in [2.45, 2.75) is 11.8 Å². The van der Waals surface area contributed by atoms with Crippen molar-refractivity contribution in [2.75, 3.05) is 17.1 Å². The van der Waals surface area contributed by atoms with Crippen molar-refractivity contribution in [3.8, 4) is 5.75 Å². The van der Waals surface area contributed by atoms with E-state index in [0.717, 1.165) is 11.6 Å². The van der Waals surface area contributed by atoms with Crippen molar-refractivity contribution in [3.63, 3.8) is 0 Å². The number of carbonyl (C=O) groups is 1. The van der Waals surface area contributed by atoms with Gasteiger partial charge in [-0.15, -0.1) is 0 Å². The molecule has 0 spiro atoms. The Morgan fingerprint density at radius 1 is 1.00 bits per heavy atom. The number of benzene rings is 3. The Balaban J connectivity index is 1.82. The minimum atomic E-state index is -4.08. The van der Waals surface area contributed by atoms with Crippen LogP contribution in [0.5, 0.6) is 5.75 Å². The van der Waals surface area contributed by atoms with E-state index in [-0.39, 0.29) is 33.5 Å². The van der Waals surface area contributed by atoms with Gasteiger partial charge in [-0.2, -0.15) is 0 Å². The molecule has 1 amide bonds. The molecule has 3 aromatic rings. The molecule has 0 saturated heterocycles. The van der Waals surface area contributed by atoms with Gasteiger partial charge < -0.3 is 10.1 Å². The molecule has 10 heteroatoms. The molecule has 0 aliphatic carbocycles. The van der Waals surface area contributed by atoms with E-state index < -0.39 is 14.9 Å². The number of nitro benzene ring substituents is 1. The summed E-state index contributed by atoms with van der Waals surface area (Å²) in [6, 6.07) is 16.2. The highest BCUT2D eigenvalue weighted by atomic mass is 32.2. The van der Waals surface area contributed by atoms with E-state index in [0.29, 0.717) is 5.69 Å². The van der Waals surface area contributed by atoms with Gasteiger partial charge in [0.2, 0.25) is 0 Å². The third kappa shape index (κ3) is 4.98. The maximum atomic E-state index is 12.7. The van der Waals surface area contributed by atoms with Gasteiger partial charge in [0.15, 0.2) is 0 Å². The molecule has 9 nitrogen and oxygen atoms in total. The number of nitrogens with zero attached hydrogens (tertiary/aromatic N) is 1. The lowest BCUT2D eigenvalue weighted by molar-refractivity contribution is -0.384. The maximum Gasteiger partial charge on any atom is 0.271 e. The number of carbonyl (C=O) groups excluding carboxylic acids is 1. The lowest BCUT2D eigenvalue weighted by Crippen LogP contribution is -2.15. The number of sulfonamides is 1. The van der Waals surface area contributed by atoms with Gasteiger partial charge in [0.25, 0.3) is 21.6 Å². The highest BCUT2D eigenvalue weighted by molar-refractivity contribution is 7.92. The average molecular weight is 441 g/mol. The molecule has 0 heterocycles. The molecule has 3 aromatic carbocycles. The number of para-hydroxylation sites is 1. The van der Waals surface area contributed by atoms with Gasteiger partial charge in [-0.25, -0.2) is 8.42 Å². The lowest BCUT2D eigenvalue weighted by atomic mass is 10.1. The summed E-state index contributed by atoms with van der Waals surface area (Å²) in [4.78, 5) is 22.7. The van der Waals surface area contributed by atoms with Crippen LogP contribution in [0.15, 0.2) is 71.6 Å². The van der Waals surface area contributed by atoms with Gasteiger partial charge in [0, 0.05) is 23.4 Å². The standard InChI is InChI=1S/C21H19N3O6S/c1-14-5-3-4-6-18(14)22-21(25)15-7-10-17(11-8-15)31(28,29)23-19-13-16(24(26)27)9-12-20(19)30-2/h3-13,23H,1-2H3,(H,22,25). The zero-order valence-corrected chi connectivity index (χ0v) is 17.5. The fraction of sp³-hybridized carbons (Fsp3) is 0.0952. The molecule has 2 N–H and O–H groups in total. The van der Waals surface area contributed by atoms with Gasteiger partial charge in [0.05, 0.1) is 22.6 Å². The van der Waals surface area contributed by atoms with Crippen molar-refractivity contribution in [3.05, 3.63) is 88.0 Å². The van der Waals surface area contributed by atoms with Gasteiger partial charge >= 0.3 is 0 Å². The second kappa shape index (κ2) is 8.84. The molecule has 0 aromatic heterocycles. The van der Waals surface area contributed by atoms with Gasteiger partial charge in [0.1, 0.15) is 5.75 Å². The summed E-state index contributed by atoms with van der Waals surface area (Å²) in [7, 11) is -2.76. The normalized spacial score (nSPS) is 10.9. The Hall–Kier alpha value is -3.92. The fourth-order valence-corrected chi connectivity index (χ4v) is 3.85. The van der Waals surface area contributed by atoms with Crippen LogP contribution < -0.4 is 14.8 Å². The first-order valence-electron chi connectivity index (χ1n) is 9.03. The number of hydrogen-bond donors (Lipinski definition) is 2. The predicted octanol–water partition coefficient (Wildman–Crippen LogP) is 3.96. The van der Waals surface area contributed by atoms with Crippen molar-refractivity contribution >= 4 is 33.0 Å². The molecule has 31 heavy (non-hydrogen) atoms. The first-order chi connectivity index (χ1) is 14.7. The number of anilines is 2. The van der Waals surface area contributed by atoms with Gasteiger partial charge in [-0.3, -0.25) is 19.6 Å². The fourth-order valence-electron chi connectivity index (χ4n) is 2.79. The second-order valence-electron chi connectivity index (χ2n) is 6.54. The molecular formula is C21H19N3O6S. The monoisotopic (exact) mass is 441 g/mol. The molecule has 0 atom stereocenters. The number of nitrogens with one attached hydrogen (secondary N) is 2. The van der Waals surface area contributed by atoms with E-state index in [1.165, 1.54) is 43.5 Å². The molecule has 0 aliphatic rings. The first-order valence-corrected chi connectivity index (χ1v) is 10.5. The van der Waals surface area contributed by atoms with Crippen LogP contribution in [0.3, 0.4) is 0 Å². The predicted molar refractivity (Wildman–Crippen MR) is 116 cm³/mol. The summed E-state index contributed by atoms with van der Waals surface area (Å²) in [6.07, 6.45) is 0. The Morgan fingerprint density at radius 3 is 2.29 bits per heavy atom. The summed E-state index contributed by atoms with van der Waals surface area (Å²) in [5.74, 6) is -0.255. The summed E-state index contributed by atoms with van der Waals surface area (Å²) in [6.45, 7) is 1.86. The van der Waals surface area contributed by atoms with E-state index in [9.17, 15) is 23.3 Å². The van der Waals surface area contributed by atoms with Crippen LogP contribution in [0.4, 0.5) is 17.1 Å². The summed E-state index contributed by atoms with van der Waals surface area (Å²) in [5.41, 5.74) is 1.46. The quantitative estimate of drug-likeness (QED) is 0.422. The number of nitro groups is 1. The van der Waals surface area contributed by atoms with Gasteiger partial charge in [-0.1, -0.05) is 18.2 Å². The number of ether oxygens (including phenoxy) is 1. The molecule has 0 unspecified atom stereocenters. The minimum absolute atomic E-state index is 0.0712. The van der Waals surface area contributed by atoms with Crippen LogP contribution in [-0.2, 0) is 10.0 Å². The van der Waals surface area contributed by atoms with Crippen molar-refractivity contribution < 1.29 is 22.9 Å². The molecule has 0 fully saturated rings. The molecule has 0 radical (unpaired) electrons. The number of aryl methyl sites for hydroxylation is 1. The molecule has 160 valence electrons. The largest absolute Gasteiger partial charge is 0.495 e. The Labute approximate surface area is 178 Å². The van der Waals surface area contributed by atoms with Crippen molar-refractivity contribution in [1.82, 2.24) is 0 Å². The van der Waals surface area contributed by atoms with Crippen molar-refractivity contribution in [2.24, 2.45) is 0 Å². The zero-order chi connectivity index (χ0) is 22.6. The van der Waals surface area contributed by atoms with Crippen LogP contribution in [-0.4, -0.2) is 26.4 Å². The van der Waals surface area contributed by atoms with Crippen LogP contribution in [0.2, 0.25) is 0 Å². The Kier molecular flexibility index (Phi) is 6.21. The molecule has 0 saturated carbocycles. The van der Waals surface area contributed by atoms with Crippen LogP contribution in [0, 0.1) is 17.0 Å². The van der Waals surface area contributed by atoms with E-state index in [4.69, 9.17) is 4.74 Å². The molecule has 0 bridgehead atoms. The number of hydrogen-bond acceptors (Lipinski definition) is 6. The third-order valence-electron chi connectivity index (χ3n) is 4.46. The van der Waals surface area contributed by atoms with Crippen LogP contribution >= 0.6 is 0 Å². The maximum absolute atomic E-state index is 12.7. The van der Waals surface area contributed by atoms with Gasteiger partial charge in [-0.05, 0) is 48.9 Å². The average Bonchev–Trinajstić information content (AvgIpc) is 2.75. The molecule has 3 rings (SSSR count). The number of methoxy groups -OCH3 is 1.